The second-order valence-corrected chi connectivity index (χ2v) is 5.18. The van der Waals surface area contributed by atoms with Gasteiger partial charge in [-0.15, -0.1) is 0 Å². The van der Waals surface area contributed by atoms with E-state index in [2.05, 4.69) is 60.8 Å². The van der Waals surface area contributed by atoms with Crippen molar-refractivity contribution in [2.75, 3.05) is 0 Å². The zero-order chi connectivity index (χ0) is 12.4. The van der Waals surface area contributed by atoms with Crippen molar-refractivity contribution in [1.82, 2.24) is 5.32 Å². The molecule has 1 heterocycles. The van der Waals surface area contributed by atoms with Crippen molar-refractivity contribution >= 4 is 0 Å². The Balaban J connectivity index is 1.77. The van der Waals surface area contributed by atoms with Gasteiger partial charge in [0, 0.05) is 12.6 Å². The van der Waals surface area contributed by atoms with Gasteiger partial charge in [-0.25, -0.2) is 0 Å². The second kappa shape index (κ2) is 4.95. The minimum absolute atomic E-state index is 0.570. The summed E-state index contributed by atoms with van der Waals surface area (Å²) in [6.07, 6.45) is 2.27. The summed E-state index contributed by atoms with van der Waals surface area (Å²) in [6, 6.07) is 18.0. The van der Waals surface area contributed by atoms with Gasteiger partial charge < -0.3 is 5.32 Å². The fourth-order valence-electron chi connectivity index (χ4n) is 2.84. The molecule has 1 nitrogen and oxygen atoms in total. The number of nitrogens with one attached hydrogen (secondary N) is 1. The van der Waals surface area contributed by atoms with Crippen LogP contribution in [0.5, 0.6) is 0 Å². The molecule has 1 aliphatic rings. The predicted octanol–water partition coefficient (Wildman–Crippen LogP) is 3.25. The van der Waals surface area contributed by atoms with E-state index in [9.17, 15) is 0 Å². The van der Waals surface area contributed by atoms with Crippen molar-refractivity contribution in [2.24, 2.45) is 0 Å². The Kier molecular flexibility index (Phi) is 3.16. The maximum atomic E-state index is 3.65. The monoisotopic (exact) mass is 237 g/mol. The van der Waals surface area contributed by atoms with Crippen LogP contribution in [0.2, 0.25) is 0 Å². The molecule has 2 aromatic carbocycles. The largest absolute Gasteiger partial charge is 0.309 e. The minimum Gasteiger partial charge on any atom is -0.309 e. The molecule has 0 saturated heterocycles. The van der Waals surface area contributed by atoms with Crippen molar-refractivity contribution in [3.05, 3.63) is 70.8 Å². The number of hydrogen-bond donors (Lipinski definition) is 1. The summed E-state index contributed by atoms with van der Waals surface area (Å²) in [5.74, 6) is 0. The maximum Gasteiger partial charge on any atom is 0.0211 e. The Morgan fingerprint density at radius 1 is 1.06 bits per heavy atom. The van der Waals surface area contributed by atoms with Gasteiger partial charge in [-0.3, -0.25) is 0 Å². The van der Waals surface area contributed by atoms with Crippen LogP contribution in [-0.2, 0) is 19.4 Å². The first-order chi connectivity index (χ1) is 8.83. The number of hydrogen-bond acceptors (Lipinski definition) is 1. The zero-order valence-corrected chi connectivity index (χ0v) is 10.8. The van der Waals surface area contributed by atoms with E-state index in [4.69, 9.17) is 0 Å². The Bertz CT molecular complexity index is 531. The van der Waals surface area contributed by atoms with Gasteiger partial charge in [0.15, 0.2) is 0 Å². The van der Waals surface area contributed by atoms with E-state index < -0.39 is 0 Å². The molecule has 92 valence electrons. The van der Waals surface area contributed by atoms with E-state index in [0.29, 0.717) is 6.04 Å². The van der Waals surface area contributed by atoms with Gasteiger partial charge in [-0.1, -0.05) is 48.5 Å². The van der Waals surface area contributed by atoms with E-state index in [1.807, 2.05) is 0 Å². The van der Waals surface area contributed by atoms with Gasteiger partial charge in [0.1, 0.15) is 0 Å². The lowest BCUT2D eigenvalue weighted by molar-refractivity contribution is 0.476. The smallest absolute Gasteiger partial charge is 0.0211 e. The van der Waals surface area contributed by atoms with Crippen LogP contribution in [0.4, 0.5) is 0 Å². The van der Waals surface area contributed by atoms with Crippen LogP contribution in [0, 0.1) is 6.92 Å². The summed E-state index contributed by atoms with van der Waals surface area (Å²) < 4.78 is 0. The zero-order valence-electron chi connectivity index (χ0n) is 10.8. The molecule has 1 heteroatoms. The molecule has 0 saturated carbocycles. The summed E-state index contributed by atoms with van der Waals surface area (Å²) in [5.41, 5.74) is 5.88. The Morgan fingerprint density at radius 3 is 2.72 bits per heavy atom. The number of benzene rings is 2. The number of aryl methyl sites for hydroxylation is 1. The Labute approximate surface area is 109 Å². The lowest BCUT2D eigenvalue weighted by Crippen LogP contribution is -2.37. The third-order valence-corrected chi connectivity index (χ3v) is 3.86. The Hall–Kier alpha value is -1.60. The normalized spacial score (nSPS) is 18.4. The maximum absolute atomic E-state index is 3.65. The molecule has 0 bridgehead atoms. The van der Waals surface area contributed by atoms with Crippen LogP contribution in [0.15, 0.2) is 48.5 Å². The summed E-state index contributed by atoms with van der Waals surface area (Å²) in [5, 5.41) is 3.65. The highest BCUT2D eigenvalue weighted by molar-refractivity contribution is 5.37. The molecule has 0 amide bonds. The average Bonchev–Trinajstić information content (AvgIpc) is 2.41. The van der Waals surface area contributed by atoms with E-state index in [1.165, 1.54) is 16.7 Å². The molecule has 0 spiro atoms. The fourth-order valence-corrected chi connectivity index (χ4v) is 2.84. The number of rotatable bonds is 2. The quantitative estimate of drug-likeness (QED) is 0.845. The van der Waals surface area contributed by atoms with E-state index in [1.54, 1.807) is 5.56 Å². The van der Waals surface area contributed by atoms with Crippen LogP contribution in [0.3, 0.4) is 0 Å². The van der Waals surface area contributed by atoms with Crippen molar-refractivity contribution in [3.8, 4) is 0 Å². The molecule has 1 aliphatic heterocycles. The molecule has 0 radical (unpaired) electrons. The second-order valence-electron chi connectivity index (χ2n) is 5.18. The van der Waals surface area contributed by atoms with Gasteiger partial charge in [0.25, 0.3) is 0 Å². The van der Waals surface area contributed by atoms with Gasteiger partial charge in [-0.2, -0.15) is 0 Å². The van der Waals surface area contributed by atoms with Crippen molar-refractivity contribution < 1.29 is 0 Å². The van der Waals surface area contributed by atoms with Crippen molar-refractivity contribution in [3.63, 3.8) is 0 Å². The molecule has 2 aromatic rings. The lowest BCUT2D eigenvalue weighted by Gasteiger charge is -2.27. The van der Waals surface area contributed by atoms with Crippen LogP contribution >= 0.6 is 0 Å². The van der Waals surface area contributed by atoms with E-state index >= 15 is 0 Å². The molecular weight excluding hydrogens is 218 g/mol. The lowest BCUT2D eigenvalue weighted by atomic mass is 9.89. The highest BCUT2D eigenvalue weighted by Gasteiger charge is 2.19. The average molecular weight is 237 g/mol. The predicted molar refractivity (Wildman–Crippen MR) is 75.7 cm³/mol. The molecule has 0 fully saturated rings. The first-order valence-electron chi connectivity index (χ1n) is 6.67. The van der Waals surface area contributed by atoms with Crippen molar-refractivity contribution in [2.45, 2.75) is 32.4 Å². The van der Waals surface area contributed by atoms with Gasteiger partial charge in [0.05, 0.1) is 0 Å². The van der Waals surface area contributed by atoms with E-state index in [-0.39, 0.29) is 0 Å². The topological polar surface area (TPSA) is 12.0 Å². The molecule has 1 atom stereocenters. The molecule has 0 aromatic heterocycles. The first-order valence-corrected chi connectivity index (χ1v) is 6.67. The summed E-state index contributed by atoms with van der Waals surface area (Å²) >= 11 is 0. The third-order valence-electron chi connectivity index (χ3n) is 3.86. The highest BCUT2D eigenvalue weighted by Crippen LogP contribution is 2.21. The third kappa shape index (κ3) is 2.32. The van der Waals surface area contributed by atoms with Gasteiger partial charge >= 0.3 is 0 Å². The first kappa shape index (κ1) is 11.5. The highest BCUT2D eigenvalue weighted by atomic mass is 14.9. The standard InChI is InChI=1S/C17H19N/c1-13-6-5-9-15-12-18-16(11-17(13)15)10-14-7-3-2-4-8-14/h2-9,16,18H,10-12H2,1H3. The van der Waals surface area contributed by atoms with Gasteiger partial charge in [-0.05, 0) is 42.0 Å². The van der Waals surface area contributed by atoms with E-state index in [0.717, 1.165) is 19.4 Å². The van der Waals surface area contributed by atoms with Gasteiger partial charge in [0.2, 0.25) is 0 Å². The van der Waals surface area contributed by atoms with Crippen molar-refractivity contribution in [1.29, 1.82) is 0 Å². The SMILES string of the molecule is Cc1cccc2c1CC(Cc1ccccc1)NC2. The number of fused-ring (bicyclic) bond motifs is 1. The Morgan fingerprint density at radius 2 is 1.89 bits per heavy atom. The minimum atomic E-state index is 0.570. The van der Waals surface area contributed by atoms with Crippen LogP contribution in [0.1, 0.15) is 22.3 Å². The summed E-state index contributed by atoms with van der Waals surface area (Å²) in [6.45, 7) is 3.23. The fraction of sp³-hybridized carbons (Fsp3) is 0.294. The molecular formula is C17H19N. The molecule has 3 rings (SSSR count). The molecule has 0 aliphatic carbocycles. The van der Waals surface area contributed by atoms with Crippen LogP contribution in [-0.4, -0.2) is 6.04 Å². The molecule has 18 heavy (non-hydrogen) atoms. The molecule has 1 unspecified atom stereocenters. The van der Waals surface area contributed by atoms with Crippen LogP contribution < -0.4 is 5.32 Å². The summed E-state index contributed by atoms with van der Waals surface area (Å²) in [7, 11) is 0. The molecule has 1 N–H and O–H groups in total. The summed E-state index contributed by atoms with van der Waals surface area (Å²) in [4.78, 5) is 0. The van der Waals surface area contributed by atoms with Crippen LogP contribution in [0.25, 0.3) is 0 Å².